The minimum absolute atomic E-state index is 0.439. The number of benzene rings is 2. The van der Waals surface area contributed by atoms with E-state index in [4.69, 9.17) is 11.6 Å². The standard InChI is InChI=1S/C23H23AsClN3O/c25-21-11-19(9-8-18(21)14-26)24(13-17-5-2-1-3-6-17)20-7-4-10-23(29,12-20)22-15-27-16-28-22/h1-3,5-6,8-9,11,15-16,20,29H,4,7,10,12-13H2,(H,27,28). The molecule has 148 valence electrons. The second-order valence-electron chi connectivity index (χ2n) is 7.64. The van der Waals surface area contributed by atoms with Crippen molar-refractivity contribution in [2.24, 2.45) is 0 Å². The van der Waals surface area contributed by atoms with Crippen molar-refractivity contribution >= 4 is 30.6 Å². The van der Waals surface area contributed by atoms with Gasteiger partial charge in [-0.2, -0.15) is 0 Å². The fourth-order valence-corrected chi connectivity index (χ4v) is 11.0. The molecule has 0 saturated heterocycles. The average Bonchev–Trinajstić information content (AvgIpc) is 3.29. The number of nitrogens with one attached hydrogen (secondary N) is 1. The van der Waals surface area contributed by atoms with Gasteiger partial charge in [0.2, 0.25) is 0 Å². The van der Waals surface area contributed by atoms with E-state index in [2.05, 4.69) is 46.4 Å². The Bertz CT molecular complexity index is 1000. The van der Waals surface area contributed by atoms with E-state index in [9.17, 15) is 10.4 Å². The molecule has 6 heteroatoms. The molecule has 3 aromatic rings. The Morgan fingerprint density at radius 2 is 2.10 bits per heavy atom. The molecule has 3 unspecified atom stereocenters. The van der Waals surface area contributed by atoms with Crippen molar-refractivity contribution < 1.29 is 5.11 Å². The summed E-state index contributed by atoms with van der Waals surface area (Å²) in [6.07, 6.45) is 6.98. The number of aromatic amines is 1. The zero-order valence-electron chi connectivity index (χ0n) is 16.1. The number of hydrogen-bond donors (Lipinski definition) is 2. The first-order valence-corrected chi connectivity index (χ1v) is 13.5. The number of aliphatic hydroxyl groups is 1. The van der Waals surface area contributed by atoms with Crippen molar-refractivity contribution in [1.82, 2.24) is 9.97 Å². The molecule has 1 aliphatic carbocycles. The zero-order chi connectivity index (χ0) is 20.3. The minimum atomic E-state index is -1.62. The van der Waals surface area contributed by atoms with Crippen molar-refractivity contribution in [3.8, 4) is 6.07 Å². The third kappa shape index (κ3) is 4.43. The third-order valence-corrected chi connectivity index (χ3v) is 12.3. The van der Waals surface area contributed by atoms with Gasteiger partial charge in [-0.15, -0.1) is 0 Å². The molecule has 4 rings (SSSR count). The predicted molar refractivity (Wildman–Crippen MR) is 116 cm³/mol. The molecule has 1 fully saturated rings. The summed E-state index contributed by atoms with van der Waals surface area (Å²) in [4.78, 5) is 7.24. The number of imidazole rings is 1. The van der Waals surface area contributed by atoms with Crippen LogP contribution in [0.5, 0.6) is 0 Å². The van der Waals surface area contributed by atoms with Crippen LogP contribution in [0.15, 0.2) is 61.1 Å². The molecule has 4 nitrogen and oxygen atoms in total. The van der Waals surface area contributed by atoms with Crippen molar-refractivity contribution in [1.29, 1.82) is 5.26 Å². The molecule has 1 heterocycles. The van der Waals surface area contributed by atoms with E-state index in [0.717, 1.165) is 36.6 Å². The number of hydrogen-bond acceptors (Lipinski definition) is 3. The Morgan fingerprint density at radius 1 is 1.28 bits per heavy atom. The van der Waals surface area contributed by atoms with Gasteiger partial charge in [-0.3, -0.25) is 0 Å². The predicted octanol–water partition coefficient (Wildman–Crippen LogP) is 4.25. The molecule has 0 amide bonds. The van der Waals surface area contributed by atoms with E-state index in [1.165, 1.54) is 9.91 Å². The maximum atomic E-state index is 11.4. The van der Waals surface area contributed by atoms with Gasteiger partial charge in [-0.05, 0) is 0 Å². The summed E-state index contributed by atoms with van der Waals surface area (Å²) in [6, 6.07) is 18.6. The topological polar surface area (TPSA) is 72.7 Å². The zero-order valence-corrected chi connectivity index (χ0v) is 18.7. The van der Waals surface area contributed by atoms with Crippen LogP contribution in [0.2, 0.25) is 9.73 Å². The molecule has 2 N–H and O–H groups in total. The Kier molecular flexibility index (Phi) is 6.11. The Hall–Kier alpha value is -2.05. The average molecular weight is 468 g/mol. The van der Waals surface area contributed by atoms with Crippen molar-refractivity contribution in [2.75, 3.05) is 0 Å². The summed E-state index contributed by atoms with van der Waals surface area (Å²) in [5.74, 6) is 0. The van der Waals surface area contributed by atoms with Crippen LogP contribution in [0, 0.1) is 11.3 Å². The second kappa shape index (κ2) is 8.76. The molecule has 0 bridgehead atoms. The van der Waals surface area contributed by atoms with Gasteiger partial charge >= 0.3 is 181 Å². The van der Waals surface area contributed by atoms with Crippen LogP contribution in [0.4, 0.5) is 0 Å². The maximum absolute atomic E-state index is 11.4. The fraction of sp³-hybridized carbons (Fsp3) is 0.304. The number of halogens is 1. The van der Waals surface area contributed by atoms with Gasteiger partial charge in [0.25, 0.3) is 0 Å². The summed E-state index contributed by atoms with van der Waals surface area (Å²) < 4.78 is 1.71. The van der Waals surface area contributed by atoms with Crippen LogP contribution >= 0.6 is 11.6 Å². The summed E-state index contributed by atoms with van der Waals surface area (Å²) in [5, 5.41) is 22.2. The summed E-state index contributed by atoms with van der Waals surface area (Å²) in [5.41, 5.74) is 1.80. The molecule has 1 saturated carbocycles. The third-order valence-electron chi connectivity index (χ3n) is 5.74. The Labute approximate surface area is 180 Å². The fourth-order valence-electron chi connectivity index (χ4n) is 4.23. The molecule has 29 heavy (non-hydrogen) atoms. The molecule has 2 aromatic carbocycles. The van der Waals surface area contributed by atoms with Crippen molar-refractivity contribution in [3.63, 3.8) is 0 Å². The summed E-state index contributed by atoms with van der Waals surface area (Å²) >= 11 is 4.77. The monoisotopic (exact) mass is 467 g/mol. The first kappa shape index (κ1) is 20.2. The van der Waals surface area contributed by atoms with E-state index in [0.29, 0.717) is 15.3 Å². The molecule has 3 atom stereocenters. The van der Waals surface area contributed by atoms with Gasteiger partial charge in [0.1, 0.15) is 0 Å². The van der Waals surface area contributed by atoms with Crippen LogP contribution in [-0.4, -0.2) is 29.7 Å². The van der Waals surface area contributed by atoms with Gasteiger partial charge in [-0.1, -0.05) is 0 Å². The van der Waals surface area contributed by atoms with E-state index < -0.39 is 20.3 Å². The van der Waals surface area contributed by atoms with E-state index in [1.54, 1.807) is 12.5 Å². The first-order valence-electron chi connectivity index (χ1n) is 9.80. The van der Waals surface area contributed by atoms with Gasteiger partial charge in [-0.25, -0.2) is 0 Å². The van der Waals surface area contributed by atoms with Gasteiger partial charge in [0.15, 0.2) is 0 Å². The normalized spacial score (nSPS) is 22.7. The number of nitrogens with zero attached hydrogens (tertiary/aromatic N) is 2. The van der Waals surface area contributed by atoms with Crippen LogP contribution < -0.4 is 4.35 Å². The Morgan fingerprint density at radius 3 is 2.79 bits per heavy atom. The Balaban J connectivity index is 1.68. The second-order valence-corrected chi connectivity index (χ2v) is 13.3. The number of aromatic nitrogens is 2. The SMILES string of the molecule is N#Cc1ccc([As](Cc2ccccc2)C2CCCC(O)(c3cnc[nH]3)C2)cc1Cl. The van der Waals surface area contributed by atoms with E-state index >= 15 is 0 Å². The summed E-state index contributed by atoms with van der Waals surface area (Å²) in [7, 11) is 0. The molecule has 0 aliphatic heterocycles. The van der Waals surface area contributed by atoms with Crippen molar-refractivity contribution in [2.45, 2.75) is 41.2 Å². The van der Waals surface area contributed by atoms with Crippen LogP contribution in [-0.2, 0) is 10.8 Å². The molecular formula is C23H23AsClN3O. The van der Waals surface area contributed by atoms with Crippen LogP contribution in [0.1, 0.15) is 42.5 Å². The molecule has 0 radical (unpaired) electrons. The summed E-state index contributed by atoms with van der Waals surface area (Å²) in [6.45, 7) is 0. The van der Waals surface area contributed by atoms with E-state index in [1.807, 2.05) is 18.2 Å². The molecule has 1 aromatic heterocycles. The van der Waals surface area contributed by atoms with Gasteiger partial charge < -0.3 is 0 Å². The number of H-pyrrole nitrogens is 1. The molecule has 0 spiro atoms. The van der Waals surface area contributed by atoms with Crippen LogP contribution in [0.25, 0.3) is 0 Å². The number of rotatable bonds is 5. The first-order chi connectivity index (χ1) is 14.1. The molecular weight excluding hydrogens is 445 g/mol. The molecule has 1 aliphatic rings. The van der Waals surface area contributed by atoms with Gasteiger partial charge in [0.05, 0.1) is 0 Å². The van der Waals surface area contributed by atoms with Crippen molar-refractivity contribution in [3.05, 3.63) is 82.9 Å². The van der Waals surface area contributed by atoms with Crippen LogP contribution in [0.3, 0.4) is 0 Å². The quantitative estimate of drug-likeness (QED) is 0.551. The van der Waals surface area contributed by atoms with E-state index in [-0.39, 0.29) is 0 Å². The number of nitriles is 1. The van der Waals surface area contributed by atoms with Gasteiger partial charge in [0, 0.05) is 0 Å².